The fourth-order valence-electron chi connectivity index (χ4n) is 3.02. The summed E-state index contributed by atoms with van der Waals surface area (Å²) in [6.07, 6.45) is 6.99. The van der Waals surface area contributed by atoms with E-state index in [1.54, 1.807) is 35.4 Å². The molecule has 0 aliphatic carbocycles. The second kappa shape index (κ2) is 7.40. The Morgan fingerprint density at radius 1 is 1.07 bits per heavy atom. The highest BCUT2D eigenvalue weighted by Crippen LogP contribution is 2.25. The molecular weight excluding hydrogens is 354 g/mol. The molecule has 0 saturated heterocycles. The topological polar surface area (TPSA) is 74.0 Å². The molecule has 3 heterocycles. The van der Waals surface area contributed by atoms with Gasteiger partial charge in [0.1, 0.15) is 23.5 Å². The van der Waals surface area contributed by atoms with Gasteiger partial charge in [-0.15, -0.1) is 0 Å². The van der Waals surface area contributed by atoms with Crippen molar-refractivity contribution in [2.45, 2.75) is 6.92 Å². The molecule has 0 atom stereocenters. The zero-order valence-corrected chi connectivity index (χ0v) is 15.5. The number of aromatic nitrogens is 4. The van der Waals surface area contributed by atoms with E-state index in [4.69, 9.17) is 4.74 Å². The Morgan fingerprint density at radius 2 is 1.89 bits per heavy atom. The highest BCUT2D eigenvalue weighted by molar-refractivity contribution is 6.05. The van der Waals surface area contributed by atoms with Gasteiger partial charge in [0.05, 0.1) is 7.11 Å². The van der Waals surface area contributed by atoms with Crippen molar-refractivity contribution in [3.8, 4) is 17.4 Å². The van der Waals surface area contributed by atoms with E-state index in [2.05, 4.69) is 15.3 Å². The van der Waals surface area contributed by atoms with Crippen LogP contribution >= 0.6 is 0 Å². The summed E-state index contributed by atoms with van der Waals surface area (Å²) in [6, 6.07) is 15.2. The van der Waals surface area contributed by atoms with Crippen molar-refractivity contribution in [1.29, 1.82) is 0 Å². The third kappa shape index (κ3) is 3.25. The maximum absolute atomic E-state index is 13.0. The summed E-state index contributed by atoms with van der Waals surface area (Å²) in [5, 5.41) is 2.92. The number of para-hydroxylation sites is 1. The van der Waals surface area contributed by atoms with Gasteiger partial charge in [-0.1, -0.05) is 18.2 Å². The zero-order valence-electron chi connectivity index (χ0n) is 15.5. The molecule has 0 bridgehead atoms. The number of aryl methyl sites for hydroxylation is 1. The van der Waals surface area contributed by atoms with Crippen LogP contribution in [0.2, 0.25) is 0 Å². The number of benzene rings is 1. The molecule has 0 aliphatic heterocycles. The van der Waals surface area contributed by atoms with Crippen molar-refractivity contribution >= 4 is 11.6 Å². The third-order valence-corrected chi connectivity index (χ3v) is 4.39. The van der Waals surface area contributed by atoms with Crippen LogP contribution in [-0.4, -0.2) is 32.1 Å². The first-order valence-electron chi connectivity index (χ1n) is 8.75. The normalized spacial score (nSPS) is 10.6. The van der Waals surface area contributed by atoms with E-state index in [-0.39, 0.29) is 5.91 Å². The molecule has 0 aliphatic rings. The molecule has 7 nitrogen and oxygen atoms in total. The van der Waals surface area contributed by atoms with Crippen molar-refractivity contribution in [3.63, 3.8) is 0 Å². The predicted molar refractivity (Wildman–Crippen MR) is 106 cm³/mol. The van der Waals surface area contributed by atoms with Crippen molar-refractivity contribution in [2.24, 2.45) is 0 Å². The van der Waals surface area contributed by atoms with Gasteiger partial charge in [0.25, 0.3) is 5.91 Å². The SMILES string of the molecule is COc1nc(-n2ccnc2)ccc1NC(=O)c1c(C)ccn1-c1ccccc1. The van der Waals surface area contributed by atoms with Crippen LogP contribution in [0.25, 0.3) is 11.5 Å². The number of hydrogen-bond donors (Lipinski definition) is 1. The molecule has 3 aromatic heterocycles. The molecule has 0 fully saturated rings. The van der Waals surface area contributed by atoms with Gasteiger partial charge in [-0.25, -0.2) is 4.98 Å². The van der Waals surface area contributed by atoms with Crippen LogP contribution in [-0.2, 0) is 0 Å². The minimum atomic E-state index is -0.234. The maximum atomic E-state index is 13.0. The Bertz CT molecular complexity index is 1100. The average Bonchev–Trinajstić information content (AvgIpc) is 3.39. The van der Waals surface area contributed by atoms with E-state index in [1.165, 1.54) is 7.11 Å². The monoisotopic (exact) mass is 373 g/mol. The van der Waals surface area contributed by atoms with Crippen molar-refractivity contribution < 1.29 is 9.53 Å². The van der Waals surface area contributed by atoms with E-state index in [0.29, 0.717) is 23.1 Å². The Kier molecular flexibility index (Phi) is 4.63. The highest BCUT2D eigenvalue weighted by atomic mass is 16.5. The molecule has 4 rings (SSSR count). The molecule has 0 saturated carbocycles. The van der Waals surface area contributed by atoms with Crippen LogP contribution in [0.15, 0.2) is 73.4 Å². The Labute approximate surface area is 162 Å². The second-order valence-electron chi connectivity index (χ2n) is 6.20. The van der Waals surface area contributed by atoms with Gasteiger partial charge in [-0.3, -0.25) is 9.36 Å². The number of rotatable bonds is 5. The Hall–Kier alpha value is -3.87. The van der Waals surface area contributed by atoms with Gasteiger partial charge in [0.2, 0.25) is 5.88 Å². The first kappa shape index (κ1) is 17.5. The van der Waals surface area contributed by atoms with Crippen LogP contribution in [0.1, 0.15) is 16.1 Å². The molecule has 0 spiro atoms. The summed E-state index contributed by atoms with van der Waals surface area (Å²) in [4.78, 5) is 21.5. The molecule has 1 aromatic carbocycles. The van der Waals surface area contributed by atoms with Crippen molar-refractivity contribution in [1.82, 2.24) is 19.1 Å². The maximum Gasteiger partial charge on any atom is 0.273 e. The van der Waals surface area contributed by atoms with E-state index < -0.39 is 0 Å². The van der Waals surface area contributed by atoms with E-state index in [0.717, 1.165) is 11.3 Å². The van der Waals surface area contributed by atoms with Gasteiger partial charge in [0.15, 0.2) is 0 Å². The van der Waals surface area contributed by atoms with Gasteiger partial charge >= 0.3 is 0 Å². The number of methoxy groups -OCH3 is 1. The van der Waals surface area contributed by atoms with Crippen molar-refractivity contribution in [3.05, 3.63) is 84.7 Å². The number of anilines is 1. The third-order valence-electron chi connectivity index (χ3n) is 4.39. The lowest BCUT2D eigenvalue weighted by Crippen LogP contribution is -2.18. The zero-order chi connectivity index (χ0) is 19.5. The van der Waals surface area contributed by atoms with Crippen LogP contribution in [0.3, 0.4) is 0 Å². The molecule has 28 heavy (non-hydrogen) atoms. The smallest absolute Gasteiger partial charge is 0.273 e. The molecule has 7 heteroatoms. The van der Waals surface area contributed by atoms with E-state index >= 15 is 0 Å². The summed E-state index contributed by atoms with van der Waals surface area (Å²) < 4.78 is 9.01. The lowest BCUT2D eigenvalue weighted by Gasteiger charge is -2.13. The molecule has 140 valence electrons. The molecule has 1 amide bonds. The number of imidazole rings is 1. The fraction of sp³-hybridized carbons (Fsp3) is 0.0952. The number of nitrogens with zero attached hydrogens (tertiary/aromatic N) is 4. The van der Waals surface area contributed by atoms with Gasteiger partial charge in [0, 0.05) is 24.3 Å². The lowest BCUT2D eigenvalue weighted by atomic mass is 10.2. The largest absolute Gasteiger partial charge is 0.479 e. The molecule has 1 N–H and O–H groups in total. The number of pyridine rings is 1. The van der Waals surface area contributed by atoms with Gasteiger partial charge in [-0.2, -0.15) is 4.98 Å². The Morgan fingerprint density at radius 3 is 2.61 bits per heavy atom. The summed E-state index contributed by atoms with van der Waals surface area (Å²) in [5.41, 5.74) is 2.85. The number of nitrogens with one attached hydrogen (secondary N) is 1. The first-order chi connectivity index (χ1) is 13.7. The average molecular weight is 373 g/mol. The Balaban J connectivity index is 1.65. The summed E-state index contributed by atoms with van der Waals surface area (Å²) in [7, 11) is 1.52. The van der Waals surface area contributed by atoms with E-state index in [1.807, 2.05) is 54.1 Å². The molecular formula is C21H19N5O2. The van der Waals surface area contributed by atoms with Crippen LogP contribution < -0.4 is 10.1 Å². The highest BCUT2D eigenvalue weighted by Gasteiger charge is 2.18. The summed E-state index contributed by atoms with van der Waals surface area (Å²) >= 11 is 0. The fourth-order valence-corrected chi connectivity index (χ4v) is 3.02. The number of carbonyl (C=O) groups excluding carboxylic acids is 1. The number of carbonyl (C=O) groups is 1. The minimum absolute atomic E-state index is 0.234. The van der Waals surface area contributed by atoms with Gasteiger partial charge < -0.3 is 14.6 Å². The minimum Gasteiger partial charge on any atom is -0.479 e. The van der Waals surface area contributed by atoms with Crippen LogP contribution in [0.5, 0.6) is 5.88 Å². The summed E-state index contributed by atoms with van der Waals surface area (Å²) in [6.45, 7) is 1.91. The number of hydrogen-bond acceptors (Lipinski definition) is 4. The molecule has 4 aromatic rings. The standard InChI is InChI=1S/C21H19N5O2/c1-15-10-12-26(16-6-4-3-5-7-16)19(15)20(27)23-17-8-9-18(24-21(17)28-2)25-13-11-22-14-25/h3-14H,1-2H3,(H,23,27). The summed E-state index contributed by atoms with van der Waals surface area (Å²) in [5.74, 6) is 0.744. The number of ether oxygens (including phenoxy) is 1. The lowest BCUT2D eigenvalue weighted by molar-refractivity contribution is 0.101. The second-order valence-corrected chi connectivity index (χ2v) is 6.20. The molecule has 0 unspecified atom stereocenters. The number of amides is 1. The van der Waals surface area contributed by atoms with Gasteiger partial charge in [-0.05, 0) is 42.8 Å². The van der Waals surface area contributed by atoms with Crippen LogP contribution in [0.4, 0.5) is 5.69 Å². The molecule has 0 radical (unpaired) electrons. The first-order valence-corrected chi connectivity index (χ1v) is 8.75. The predicted octanol–water partition coefficient (Wildman–Crippen LogP) is 3.63. The van der Waals surface area contributed by atoms with Crippen molar-refractivity contribution in [2.75, 3.05) is 12.4 Å². The quantitative estimate of drug-likeness (QED) is 0.580. The van der Waals surface area contributed by atoms with Crippen LogP contribution in [0, 0.1) is 6.92 Å². The van der Waals surface area contributed by atoms with E-state index in [9.17, 15) is 4.79 Å².